The number of hydrogen-bond donors (Lipinski definition) is 2. The van der Waals surface area contributed by atoms with Gasteiger partial charge in [-0.3, -0.25) is 5.10 Å². The minimum Gasteiger partial charge on any atom is -0.281 e. The van der Waals surface area contributed by atoms with E-state index >= 15 is 0 Å². The van der Waals surface area contributed by atoms with E-state index < -0.39 is 10.0 Å². The van der Waals surface area contributed by atoms with Gasteiger partial charge < -0.3 is 0 Å². The van der Waals surface area contributed by atoms with Crippen LogP contribution in [0.25, 0.3) is 0 Å². The summed E-state index contributed by atoms with van der Waals surface area (Å²) in [6, 6.07) is 0.0745. The third kappa shape index (κ3) is 2.87. The first-order chi connectivity index (χ1) is 7.99. The van der Waals surface area contributed by atoms with Crippen molar-refractivity contribution in [3.8, 4) is 0 Å². The maximum Gasteiger partial charge on any atom is 0.244 e. The van der Waals surface area contributed by atoms with E-state index in [1.54, 1.807) is 6.92 Å². The predicted octanol–water partition coefficient (Wildman–Crippen LogP) is 1.58. The molecule has 96 valence electrons. The van der Waals surface area contributed by atoms with Crippen molar-refractivity contribution in [1.29, 1.82) is 0 Å². The van der Waals surface area contributed by atoms with Gasteiger partial charge in [-0.05, 0) is 38.5 Å². The van der Waals surface area contributed by atoms with Crippen molar-refractivity contribution in [2.24, 2.45) is 5.92 Å². The van der Waals surface area contributed by atoms with E-state index in [0.29, 0.717) is 11.6 Å². The summed E-state index contributed by atoms with van der Waals surface area (Å²) in [6.45, 7) is 3.93. The van der Waals surface area contributed by atoms with Gasteiger partial charge in [0.25, 0.3) is 0 Å². The lowest BCUT2D eigenvalue weighted by molar-refractivity contribution is 0.332. The molecule has 2 rings (SSSR count). The van der Waals surface area contributed by atoms with Crippen LogP contribution in [0.1, 0.15) is 38.3 Å². The largest absolute Gasteiger partial charge is 0.281 e. The third-order valence-electron chi connectivity index (χ3n) is 3.41. The van der Waals surface area contributed by atoms with Gasteiger partial charge in [0.1, 0.15) is 4.90 Å². The summed E-state index contributed by atoms with van der Waals surface area (Å²) in [7, 11) is -3.41. The van der Waals surface area contributed by atoms with Crippen molar-refractivity contribution < 1.29 is 8.42 Å². The van der Waals surface area contributed by atoms with E-state index in [1.165, 1.54) is 6.20 Å². The molecule has 5 nitrogen and oxygen atoms in total. The first kappa shape index (κ1) is 12.6. The van der Waals surface area contributed by atoms with Gasteiger partial charge in [0, 0.05) is 6.04 Å². The Hall–Kier alpha value is -0.880. The summed E-state index contributed by atoms with van der Waals surface area (Å²) < 4.78 is 27.0. The molecule has 0 aliphatic heterocycles. The van der Waals surface area contributed by atoms with Crippen LogP contribution in [0, 0.1) is 12.8 Å². The highest BCUT2D eigenvalue weighted by atomic mass is 32.2. The zero-order valence-electron chi connectivity index (χ0n) is 10.2. The SMILES string of the molecule is Cc1[nH]ncc1S(=O)(=O)NC1CCC(C)CC1. The van der Waals surface area contributed by atoms with Crippen molar-refractivity contribution in [2.45, 2.75) is 50.5 Å². The van der Waals surface area contributed by atoms with Crippen LogP contribution in [-0.2, 0) is 10.0 Å². The highest BCUT2D eigenvalue weighted by molar-refractivity contribution is 7.89. The molecule has 0 radical (unpaired) electrons. The molecule has 0 amide bonds. The van der Waals surface area contributed by atoms with E-state index in [-0.39, 0.29) is 10.9 Å². The van der Waals surface area contributed by atoms with Crippen LogP contribution in [0.4, 0.5) is 0 Å². The maximum absolute atomic E-state index is 12.1. The Balaban J connectivity index is 2.06. The molecule has 0 atom stereocenters. The Morgan fingerprint density at radius 2 is 2.00 bits per heavy atom. The van der Waals surface area contributed by atoms with Crippen LogP contribution in [0.3, 0.4) is 0 Å². The number of hydrogen-bond acceptors (Lipinski definition) is 3. The molecular weight excluding hydrogens is 238 g/mol. The fourth-order valence-corrected chi connectivity index (χ4v) is 3.71. The van der Waals surface area contributed by atoms with Crippen LogP contribution >= 0.6 is 0 Å². The zero-order chi connectivity index (χ0) is 12.5. The summed E-state index contributed by atoms with van der Waals surface area (Å²) in [6.07, 6.45) is 5.41. The molecule has 17 heavy (non-hydrogen) atoms. The first-order valence-corrected chi connectivity index (χ1v) is 7.49. The Morgan fingerprint density at radius 1 is 1.35 bits per heavy atom. The molecule has 1 aliphatic rings. The monoisotopic (exact) mass is 257 g/mol. The van der Waals surface area contributed by atoms with Gasteiger partial charge in [-0.2, -0.15) is 5.10 Å². The molecule has 0 bridgehead atoms. The molecule has 2 N–H and O–H groups in total. The molecule has 1 heterocycles. The molecular formula is C11H19N3O2S. The summed E-state index contributed by atoms with van der Waals surface area (Å²) in [5.41, 5.74) is 0.585. The molecule has 1 aliphatic carbocycles. The second kappa shape index (κ2) is 4.78. The molecule has 1 saturated carbocycles. The fourth-order valence-electron chi connectivity index (χ4n) is 2.27. The summed E-state index contributed by atoms with van der Waals surface area (Å²) in [4.78, 5) is 0.260. The van der Waals surface area contributed by atoms with Gasteiger partial charge in [-0.1, -0.05) is 6.92 Å². The zero-order valence-corrected chi connectivity index (χ0v) is 11.0. The Labute approximate surface area is 102 Å². The Bertz CT molecular complexity index is 473. The number of aromatic nitrogens is 2. The highest BCUT2D eigenvalue weighted by Gasteiger charge is 2.25. The van der Waals surface area contributed by atoms with Crippen molar-refractivity contribution in [3.63, 3.8) is 0 Å². The first-order valence-electron chi connectivity index (χ1n) is 6.01. The maximum atomic E-state index is 12.1. The van der Waals surface area contributed by atoms with Gasteiger partial charge in [0.15, 0.2) is 0 Å². The number of nitrogens with zero attached hydrogens (tertiary/aromatic N) is 1. The molecule has 0 saturated heterocycles. The molecule has 1 aromatic heterocycles. The van der Waals surface area contributed by atoms with Gasteiger partial charge >= 0.3 is 0 Å². The molecule has 0 unspecified atom stereocenters. The molecule has 1 aromatic rings. The van der Waals surface area contributed by atoms with Crippen molar-refractivity contribution in [3.05, 3.63) is 11.9 Å². The lowest BCUT2D eigenvalue weighted by Gasteiger charge is -2.26. The van der Waals surface area contributed by atoms with E-state index in [4.69, 9.17) is 0 Å². The predicted molar refractivity (Wildman–Crippen MR) is 65.1 cm³/mol. The summed E-state index contributed by atoms with van der Waals surface area (Å²) >= 11 is 0. The van der Waals surface area contributed by atoms with Crippen LogP contribution in [-0.4, -0.2) is 24.7 Å². The van der Waals surface area contributed by atoms with E-state index in [2.05, 4.69) is 21.8 Å². The number of rotatable bonds is 3. The number of nitrogens with one attached hydrogen (secondary N) is 2. The normalized spacial score (nSPS) is 26.0. The standard InChI is InChI=1S/C11H19N3O2S/c1-8-3-5-10(6-4-8)14-17(15,16)11-7-12-13-9(11)2/h7-8,10,14H,3-6H2,1-2H3,(H,12,13). The highest BCUT2D eigenvalue weighted by Crippen LogP contribution is 2.24. The van der Waals surface area contributed by atoms with Gasteiger partial charge in [0.2, 0.25) is 10.0 Å². The third-order valence-corrected chi connectivity index (χ3v) is 5.05. The van der Waals surface area contributed by atoms with Crippen molar-refractivity contribution >= 4 is 10.0 Å². The molecule has 6 heteroatoms. The summed E-state index contributed by atoms with van der Waals surface area (Å²) in [5, 5.41) is 6.40. The average Bonchev–Trinajstić information content (AvgIpc) is 2.68. The van der Waals surface area contributed by atoms with Gasteiger partial charge in [0.05, 0.1) is 11.9 Å². The number of aryl methyl sites for hydroxylation is 1. The average molecular weight is 257 g/mol. The number of H-pyrrole nitrogens is 1. The molecule has 0 aromatic carbocycles. The van der Waals surface area contributed by atoms with E-state index in [0.717, 1.165) is 25.7 Å². The lowest BCUT2D eigenvalue weighted by atomic mass is 9.88. The Morgan fingerprint density at radius 3 is 2.53 bits per heavy atom. The Kier molecular flexibility index (Phi) is 3.53. The van der Waals surface area contributed by atoms with Crippen LogP contribution in [0.15, 0.2) is 11.1 Å². The lowest BCUT2D eigenvalue weighted by Crippen LogP contribution is -2.37. The second-order valence-corrected chi connectivity index (χ2v) is 6.62. The summed E-state index contributed by atoms with van der Waals surface area (Å²) in [5.74, 6) is 0.714. The van der Waals surface area contributed by atoms with Crippen molar-refractivity contribution in [2.75, 3.05) is 0 Å². The van der Waals surface area contributed by atoms with Crippen LogP contribution in [0.5, 0.6) is 0 Å². The minimum absolute atomic E-state index is 0.0745. The number of aromatic amines is 1. The van der Waals surface area contributed by atoms with Crippen LogP contribution < -0.4 is 4.72 Å². The molecule has 1 fully saturated rings. The van der Waals surface area contributed by atoms with Crippen molar-refractivity contribution in [1.82, 2.24) is 14.9 Å². The van der Waals surface area contributed by atoms with Gasteiger partial charge in [-0.25, -0.2) is 13.1 Å². The second-order valence-electron chi connectivity index (χ2n) is 4.94. The van der Waals surface area contributed by atoms with E-state index in [1.807, 2.05) is 0 Å². The topological polar surface area (TPSA) is 74.8 Å². The minimum atomic E-state index is -3.41. The van der Waals surface area contributed by atoms with Gasteiger partial charge in [-0.15, -0.1) is 0 Å². The fraction of sp³-hybridized carbons (Fsp3) is 0.727. The smallest absolute Gasteiger partial charge is 0.244 e. The molecule has 0 spiro atoms. The number of sulfonamides is 1. The quantitative estimate of drug-likeness (QED) is 0.863. The van der Waals surface area contributed by atoms with Crippen LogP contribution in [0.2, 0.25) is 0 Å². The van der Waals surface area contributed by atoms with E-state index in [9.17, 15) is 8.42 Å².